The summed E-state index contributed by atoms with van der Waals surface area (Å²) in [4.78, 5) is 26.0. The molecule has 23 heavy (non-hydrogen) atoms. The van der Waals surface area contributed by atoms with Gasteiger partial charge in [0.25, 0.3) is 0 Å². The minimum Gasteiger partial charge on any atom is -0.468 e. The molecule has 1 amide bonds. The maximum absolute atomic E-state index is 12.8. The zero-order valence-electron chi connectivity index (χ0n) is 15.6. The van der Waals surface area contributed by atoms with Gasteiger partial charge in [-0.3, -0.25) is 9.59 Å². The molecule has 1 aliphatic rings. The molecule has 5 nitrogen and oxygen atoms in total. The summed E-state index contributed by atoms with van der Waals surface area (Å²) in [5.74, 6) is 0.404. The van der Waals surface area contributed by atoms with Crippen LogP contribution in [-0.2, 0) is 18.8 Å². The van der Waals surface area contributed by atoms with Crippen molar-refractivity contribution in [3.63, 3.8) is 0 Å². The average molecular weight is 362 g/mol. The van der Waals surface area contributed by atoms with Crippen molar-refractivity contribution < 1.29 is 18.8 Å². The Morgan fingerprint density at radius 2 is 1.91 bits per heavy atom. The number of hydrogen-bond acceptors (Lipinski definition) is 5. The molecular weight excluding hydrogens is 330 g/mol. The first-order valence-electron chi connectivity index (χ1n) is 8.04. The molecule has 0 bridgehead atoms. The van der Waals surface area contributed by atoms with E-state index >= 15 is 0 Å². The Hall–Kier alpha value is -0.533. The van der Waals surface area contributed by atoms with Gasteiger partial charge in [-0.2, -0.15) is 0 Å². The van der Waals surface area contributed by atoms with Crippen LogP contribution in [0.1, 0.15) is 41.5 Å². The fraction of sp³-hybridized carbons (Fsp3) is 0.875. The summed E-state index contributed by atoms with van der Waals surface area (Å²) in [6, 6.07) is 0. The molecule has 1 saturated heterocycles. The molecule has 0 aromatic carbocycles. The zero-order valence-corrected chi connectivity index (χ0v) is 18.5. The molecule has 1 heterocycles. The molecule has 0 radical (unpaired) electrons. The summed E-state index contributed by atoms with van der Waals surface area (Å²) in [7, 11) is 1.98. The normalized spacial score (nSPS) is 23.6. The van der Waals surface area contributed by atoms with E-state index in [1.54, 1.807) is 16.7 Å². The second-order valence-corrected chi connectivity index (χ2v) is 9.53. The van der Waals surface area contributed by atoms with Crippen molar-refractivity contribution in [1.82, 2.24) is 4.90 Å². The van der Waals surface area contributed by atoms with Crippen LogP contribution in [0.25, 0.3) is 0 Å². The van der Waals surface area contributed by atoms with Gasteiger partial charge in [0.05, 0.1) is 24.5 Å². The van der Waals surface area contributed by atoms with Gasteiger partial charge in [0.2, 0.25) is 5.91 Å². The lowest BCUT2D eigenvalue weighted by molar-refractivity contribution is -0.172. The Morgan fingerprint density at radius 3 is 2.30 bits per heavy atom. The van der Waals surface area contributed by atoms with Gasteiger partial charge >= 0.3 is 5.97 Å². The minimum atomic E-state index is -0.372. The first-order valence-corrected chi connectivity index (χ1v) is 9.90. The lowest BCUT2D eigenvalue weighted by Crippen LogP contribution is -2.67. The van der Waals surface area contributed by atoms with Crippen molar-refractivity contribution >= 4 is 34.1 Å². The molecule has 134 valence electrons. The number of amides is 1. The van der Waals surface area contributed by atoms with E-state index in [9.17, 15) is 9.59 Å². The lowest BCUT2D eigenvalue weighted by atomic mass is 9.63. The Morgan fingerprint density at radius 1 is 1.35 bits per heavy atom. The van der Waals surface area contributed by atoms with Crippen LogP contribution in [0.15, 0.2) is 0 Å². The molecule has 1 fully saturated rings. The maximum Gasteiger partial charge on any atom is 0.325 e. The van der Waals surface area contributed by atoms with Crippen LogP contribution in [0.3, 0.4) is 0 Å². The number of likely N-dealkylation sites (tertiary alicyclic amines) is 1. The summed E-state index contributed by atoms with van der Waals surface area (Å²) in [6.07, 6.45) is -0.00384. The number of rotatable bonds is 7. The number of esters is 1. The van der Waals surface area contributed by atoms with Crippen LogP contribution in [0.4, 0.5) is 0 Å². The van der Waals surface area contributed by atoms with E-state index in [0.29, 0.717) is 10.5 Å². The van der Waals surface area contributed by atoms with Crippen molar-refractivity contribution in [2.45, 2.75) is 53.0 Å². The van der Waals surface area contributed by atoms with Crippen molar-refractivity contribution in [3.8, 4) is 0 Å². The second kappa shape index (κ2) is 7.57. The van der Waals surface area contributed by atoms with Gasteiger partial charge in [-0.05, 0) is 11.2 Å². The number of thioether (sulfide) groups is 1. The van der Waals surface area contributed by atoms with Crippen molar-refractivity contribution in [3.05, 3.63) is 0 Å². The number of carbonyl (C=O) groups is 2. The lowest BCUT2D eigenvalue weighted by Gasteiger charge is -2.56. The van der Waals surface area contributed by atoms with Gasteiger partial charge in [0.1, 0.15) is 17.0 Å². The minimum absolute atomic E-state index is 0.00302. The fourth-order valence-electron chi connectivity index (χ4n) is 3.87. The van der Waals surface area contributed by atoms with E-state index in [1.165, 1.54) is 7.11 Å². The van der Waals surface area contributed by atoms with E-state index in [2.05, 4.69) is 41.5 Å². The molecule has 1 rings (SSSR count). The van der Waals surface area contributed by atoms with Gasteiger partial charge in [0.15, 0.2) is 0 Å². The number of β-lactam (4-membered cyclic amide) rings is 1. The third-order valence-electron chi connectivity index (χ3n) is 4.51. The van der Waals surface area contributed by atoms with E-state index in [4.69, 9.17) is 9.16 Å². The second-order valence-electron chi connectivity index (χ2n) is 7.67. The molecular formula is C16H31NO4SSi. The molecule has 0 aromatic heterocycles. The molecule has 0 spiro atoms. The summed E-state index contributed by atoms with van der Waals surface area (Å²) in [5.41, 5.74) is -0.341. The topological polar surface area (TPSA) is 55.8 Å². The van der Waals surface area contributed by atoms with Gasteiger partial charge in [-0.1, -0.05) is 41.5 Å². The van der Waals surface area contributed by atoms with Crippen molar-refractivity contribution in [1.29, 1.82) is 0 Å². The van der Waals surface area contributed by atoms with Gasteiger partial charge in [-0.15, -0.1) is 11.8 Å². The monoisotopic (exact) mass is 361 g/mol. The van der Waals surface area contributed by atoms with Crippen LogP contribution >= 0.6 is 11.8 Å². The number of nitrogens with zero attached hydrogens (tertiary/aromatic N) is 1. The zero-order chi connectivity index (χ0) is 18.0. The van der Waals surface area contributed by atoms with E-state index < -0.39 is 0 Å². The number of hydrogen-bond donors (Lipinski definition) is 0. The maximum atomic E-state index is 12.8. The highest BCUT2D eigenvalue weighted by atomic mass is 32.2. The van der Waals surface area contributed by atoms with Crippen molar-refractivity contribution in [2.24, 2.45) is 16.7 Å². The van der Waals surface area contributed by atoms with Crippen LogP contribution in [0, 0.1) is 16.7 Å². The standard InChI is InChI=1S/C16H31NO4SSi/c1-8-22-13-11(12(19)17(13)9-10(18)20-7)16(5,6)14(21-23)15(2,3)4/h11,13-14H,8-9H2,1-7,23H3. The average Bonchev–Trinajstić information content (AvgIpc) is 2.42. The first-order chi connectivity index (χ1) is 10.5. The summed E-state index contributed by atoms with van der Waals surface area (Å²) in [5, 5.41) is 0.00302. The SMILES string of the molecule is CCSC1C(C(C)(C)C(O[SiH3])C(C)(C)C)C(=O)N1CC(=O)OC. The Kier molecular flexibility index (Phi) is 6.75. The van der Waals surface area contributed by atoms with Gasteiger partial charge in [-0.25, -0.2) is 0 Å². The molecule has 3 atom stereocenters. The van der Waals surface area contributed by atoms with Crippen LogP contribution in [0.5, 0.6) is 0 Å². The third-order valence-corrected chi connectivity index (χ3v) is 6.18. The predicted octanol–water partition coefficient (Wildman–Crippen LogP) is 1.43. The van der Waals surface area contributed by atoms with Gasteiger partial charge in [0, 0.05) is 5.41 Å². The van der Waals surface area contributed by atoms with E-state index in [-0.39, 0.29) is 46.6 Å². The van der Waals surface area contributed by atoms with E-state index in [1.807, 2.05) is 0 Å². The Balaban J connectivity index is 3.05. The highest BCUT2D eigenvalue weighted by molar-refractivity contribution is 7.99. The number of ether oxygens (including phenoxy) is 1. The summed E-state index contributed by atoms with van der Waals surface area (Å²) >= 11 is 1.71. The summed E-state index contributed by atoms with van der Waals surface area (Å²) < 4.78 is 10.6. The summed E-state index contributed by atoms with van der Waals surface area (Å²) in [6.45, 7) is 12.8. The number of methoxy groups -OCH3 is 1. The van der Waals surface area contributed by atoms with Crippen LogP contribution in [0.2, 0.25) is 0 Å². The first kappa shape index (κ1) is 20.5. The number of carbonyl (C=O) groups excluding carboxylic acids is 2. The molecule has 0 aliphatic carbocycles. The predicted molar refractivity (Wildman–Crippen MR) is 97.2 cm³/mol. The Labute approximate surface area is 147 Å². The van der Waals surface area contributed by atoms with Crippen molar-refractivity contribution in [2.75, 3.05) is 19.4 Å². The van der Waals surface area contributed by atoms with Crippen LogP contribution in [-0.4, -0.2) is 58.1 Å². The molecule has 0 saturated carbocycles. The smallest absolute Gasteiger partial charge is 0.325 e. The molecule has 7 heteroatoms. The molecule has 3 unspecified atom stereocenters. The molecule has 0 N–H and O–H groups in total. The molecule has 0 aromatic rings. The Bertz CT molecular complexity index is 450. The third kappa shape index (κ3) is 4.11. The highest BCUT2D eigenvalue weighted by Crippen LogP contribution is 2.50. The molecule has 1 aliphatic heterocycles. The highest BCUT2D eigenvalue weighted by Gasteiger charge is 2.58. The largest absolute Gasteiger partial charge is 0.468 e. The van der Waals surface area contributed by atoms with E-state index in [0.717, 1.165) is 5.75 Å². The fourth-order valence-corrected chi connectivity index (χ4v) is 6.55. The van der Waals surface area contributed by atoms with Gasteiger partial charge < -0.3 is 14.1 Å². The quantitative estimate of drug-likeness (QED) is 0.390. The van der Waals surface area contributed by atoms with Crippen LogP contribution < -0.4 is 0 Å².